The molecule has 1 saturated heterocycles. The van der Waals surface area contributed by atoms with E-state index in [1.807, 2.05) is 6.92 Å². The fourth-order valence-corrected chi connectivity index (χ4v) is 1.72. The van der Waals surface area contributed by atoms with Gasteiger partial charge in [0.05, 0.1) is 6.61 Å². The van der Waals surface area contributed by atoms with Crippen molar-refractivity contribution in [3.8, 4) is 0 Å². The quantitative estimate of drug-likeness (QED) is 0.598. The van der Waals surface area contributed by atoms with E-state index in [1.54, 1.807) is 0 Å². The lowest BCUT2D eigenvalue weighted by Gasteiger charge is -2.32. The Labute approximate surface area is 93.6 Å². The minimum atomic E-state index is 0.820. The van der Waals surface area contributed by atoms with Crippen LogP contribution < -0.4 is 5.32 Å². The van der Waals surface area contributed by atoms with Crippen molar-refractivity contribution in [1.82, 2.24) is 15.1 Å². The third-order valence-corrected chi connectivity index (χ3v) is 2.83. The molecular formula is C11H25N3O. The van der Waals surface area contributed by atoms with E-state index < -0.39 is 0 Å². The summed E-state index contributed by atoms with van der Waals surface area (Å²) in [5.41, 5.74) is 0. The summed E-state index contributed by atoms with van der Waals surface area (Å²) in [5.74, 6) is 0. The Balaban J connectivity index is 1.87. The molecule has 0 saturated carbocycles. The average molecular weight is 215 g/mol. The van der Waals surface area contributed by atoms with Gasteiger partial charge in [-0.05, 0) is 14.0 Å². The van der Waals surface area contributed by atoms with Crippen LogP contribution in [0.1, 0.15) is 6.92 Å². The molecule has 4 nitrogen and oxygen atoms in total. The second-order valence-electron chi connectivity index (χ2n) is 4.09. The van der Waals surface area contributed by atoms with Gasteiger partial charge in [0.1, 0.15) is 0 Å². The van der Waals surface area contributed by atoms with Gasteiger partial charge in [-0.3, -0.25) is 4.90 Å². The highest BCUT2D eigenvalue weighted by molar-refractivity contribution is 4.69. The highest BCUT2D eigenvalue weighted by Gasteiger charge is 2.12. The zero-order valence-electron chi connectivity index (χ0n) is 10.2. The van der Waals surface area contributed by atoms with E-state index in [9.17, 15) is 0 Å². The first-order chi connectivity index (χ1) is 7.33. The summed E-state index contributed by atoms with van der Waals surface area (Å²) in [4.78, 5) is 4.91. The molecule has 0 bridgehead atoms. The van der Waals surface area contributed by atoms with Crippen LogP contribution in [0, 0.1) is 0 Å². The summed E-state index contributed by atoms with van der Waals surface area (Å²) < 4.78 is 5.26. The van der Waals surface area contributed by atoms with Crippen molar-refractivity contribution in [1.29, 1.82) is 0 Å². The molecule has 1 aliphatic rings. The van der Waals surface area contributed by atoms with E-state index in [-0.39, 0.29) is 0 Å². The third kappa shape index (κ3) is 6.10. The van der Waals surface area contributed by atoms with Crippen molar-refractivity contribution in [2.24, 2.45) is 0 Å². The number of ether oxygens (including phenoxy) is 1. The highest BCUT2D eigenvalue weighted by Crippen LogP contribution is 1.97. The van der Waals surface area contributed by atoms with Crippen LogP contribution in [0.3, 0.4) is 0 Å². The number of nitrogens with one attached hydrogen (secondary N) is 1. The lowest BCUT2D eigenvalue weighted by atomic mass is 10.3. The average Bonchev–Trinajstić information content (AvgIpc) is 2.26. The molecule has 0 spiro atoms. The zero-order valence-corrected chi connectivity index (χ0v) is 10.2. The molecule has 0 aliphatic carbocycles. The fourth-order valence-electron chi connectivity index (χ4n) is 1.72. The standard InChI is InChI=1S/C11H25N3O/c1-3-15-11-5-12-4-6-14-9-7-13(2)8-10-14/h12H,3-11H2,1-2H3. The van der Waals surface area contributed by atoms with Gasteiger partial charge >= 0.3 is 0 Å². The van der Waals surface area contributed by atoms with Crippen molar-refractivity contribution in [2.75, 3.05) is 66.1 Å². The van der Waals surface area contributed by atoms with Crippen molar-refractivity contribution < 1.29 is 4.74 Å². The molecule has 90 valence electrons. The Morgan fingerprint density at radius 1 is 1.13 bits per heavy atom. The van der Waals surface area contributed by atoms with Crippen LogP contribution in [-0.2, 0) is 4.74 Å². The van der Waals surface area contributed by atoms with Crippen LogP contribution in [0.15, 0.2) is 0 Å². The maximum atomic E-state index is 5.26. The first-order valence-electron chi connectivity index (χ1n) is 6.02. The van der Waals surface area contributed by atoms with Gasteiger partial charge in [-0.25, -0.2) is 0 Å². The molecule has 1 aliphatic heterocycles. The zero-order chi connectivity index (χ0) is 10.9. The van der Waals surface area contributed by atoms with Gasteiger partial charge in [-0.15, -0.1) is 0 Å². The minimum absolute atomic E-state index is 0.820. The van der Waals surface area contributed by atoms with Gasteiger partial charge in [0.15, 0.2) is 0 Å². The number of hydrogen-bond acceptors (Lipinski definition) is 4. The van der Waals surface area contributed by atoms with Crippen LogP contribution in [0.4, 0.5) is 0 Å². The smallest absolute Gasteiger partial charge is 0.0590 e. The number of nitrogens with zero attached hydrogens (tertiary/aromatic N) is 2. The maximum Gasteiger partial charge on any atom is 0.0590 e. The normalized spacial score (nSPS) is 19.6. The van der Waals surface area contributed by atoms with E-state index in [4.69, 9.17) is 4.74 Å². The van der Waals surface area contributed by atoms with Gasteiger partial charge in [0.25, 0.3) is 0 Å². The second kappa shape index (κ2) is 8.05. The van der Waals surface area contributed by atoms with Crippen molar-refractivity contribution in [2.45, 2.75) is 6.92 Å². The summed E-state index contributed by atoms with van der Waals surface area (Å²) in [6.07, 6.45) is 0. The Kier molecular flexibility index (Phi) is 6.92. The molecule has 0 aromatic rings. The molecule has 1 N–H and O–H groups in total. The largest absolute Gasteiger partial charge is 0.380 e. The fraction of sp³-hybridized carbons (Fsp3) is 1.00. The SMILES string of the molecule is CCOCCNCCN1CCN(C)CC1. The minimum Gasteiger partial charge on any atom is -0.380 e. The summed E-state index contributed by atoms with van der Waals surface area (Å²) in [6, 6.07) is 0. The molecular weight excluding hydrogens is 190 g/mol. The molecule has 4 heteroatoms. The predicted octanol–water partition coefficient (Wildman–Crippen LogP) is -0.140. The van der Waals surface area contributed by atoms with Crippen LogP contribution in [0.5, 0.6) is 0 Å². The van der Waals surface area contributed by atoms with Crippen LogP contribution >= 0.6 is 0 Å². The second-order valence-corrected chi connectivity index (χ2v) is 4.09. The van der Waals surface area contributed by atoms with E-state index in [1.165, 1.54) is 32.7 Å². The molecule has 0 aromatic carbocycles. The lowest BCUT2D eigenvalue weighted by Crippen LogP contribution is -2.46. The van der Waals surface area contributed by atoms with Crippen molar-refractivity contribution in [3.63, 3.8) is 0 Å². The number of rotatable bonds is 7. The maximum absolute atomic E-state index is 5.26. The summed E-state index contributed by atoms with van der Waals surface area (Å²) in [5, 5.41) is 3.40. The Morgan fingerprint density at radius 2 is 1.87 bits per heavy atom. The van der Waals surface area contributed by atoms with E-state index in [0.717, 1.165) is 26.3 Å². The number of likely N-dealkylation sites (N-methyl/N-ethyl adjacent to an activating group) is 1. The summed E-state index contributed by atoms with van der Waals surface area (Å²) >= 11 is 0. The molecule has 0 atom stereocenters. The predicted molar refractivity (Wildman–Crippen MR) is 63.3 cm³/mol. The topological polar surface area (TPSA) is 27.7 Å². The lowest BCUT2D eigenvalue weighted by molar-refractivity contribution is 0.141. The number of hydrogen-bond donors (Lipinski definition) is 1. The van der Waals surface area contributed by atoms with E-state index in [0.29, 0.717) is 0 Å². The molecule has 0 amide bonds. The summed E-state index contributed by atoms with van der Waals surface area (Å²) in [7, 11) is 2.19. The van der Waals surface area contributed by atoms with Crippen molar-refractivity contribution >= 4 is 0 Å². The molecule has 1 fully saturated rings. The molecule has 15 heavy (non-hydrogen) atoms. The molecule has 0 radical (unpaired) electrons. The highest BCUT2D eigenvalue weighted by atomic mass is 16.5. The monoisotopic (exact) mass is 215 g/mol. The Morgan fingerprint density at radius 3 is 2.53 bits per heavy atom. The first-order valence-corrected chi connectivity index (χ1v) is 6.02. The van der Waals surface area contributed by atoms with Gasteiger partial charge < -0.3 is 15.0 Å². The Bertz CT molecular complexity index is 147. The van der Waals surface area contributed by atoms with Crippen LogP contribution in [-0.4, -0.2) is 75.9 Å². The van der Waals surface area contributed by atoms with Crippen LogP contribution in [0.2, 0.25) is 0 Å². The van der Waals surface area contributed by atoms with Crippen LogP contribution in [0.25, 0.3) is 0 Å². The molecule has 1 rings (SSSR count). The molecule has 1 heterocycles. The van der Waals surface area contributed by atoms with Gasteiger partial charge in [-0.1, -0.05) is 0 Å². The van der Waals surface area contributed by atoms with E-state index >= 15 is 0 Å². The third-order valence-electron chi connectivity index (χ3n) is 2.83. The van der Waals surface area contributed by atoms with Crippen molar-refractivity contribution in [3.05, 3.63) is 0 Å². The summed E-state index contributed by atoms with van der Waals surface area (Å²) in [6.45, 7) is 11.7. The van der Waals surface area contributed by atoms with Gasteiger partial charge in [-0.2, -0.15) is 0 Å². The van der Waals surface area contributed by atoms with Gasteiger partial charge in [0.2, 0.25) is 0 Å². The van der Waals surface area contributed by atoms with Gasteiger partial charge in [0, 0.05) is 52.4 Å². The molecule has 0 unspecified atom stereocenters. The Hall–Kier alpha value is -0.160. The molecule has 0 aromatic heterocycles. The van der Waals surface area contributed by atoms with E-state index in [2.05, 4.69) is 22.2 Å². The first kappa shape index (κ1) is 12.9. The number of piperazine rings is 1.